The van der Waals surface area contributed by atoms with Crippen molar-refractivity contribution in [1.82, 2.24) is 0 Å². The van der Waals surface area contributed by atoms with Crippen LogP contribution in [0.2, 0.25) is 0 Å². The first-order valence-corrected chi connectivity index (χ1v) is 14.1. The van der Waals surface area contributed by atoms with Crippen LogP contribution in [0.25, 0.3) is 6.08 Å². The van der Waals surface area contributed by atoms with Crippen molar-refractivity contribution in [2.24, 2.45) is 17.8 Å². The quantitative estimate of drug-likeness (QED) is 0.248. The standard InChI is InChI=1S/C31H35BFNO6/c1-3-6-20-15-23-29(31(37)34(30(23)36)22-8-5-7-21(16-22)32(38)39)24-17-40-27(28(20)24)12-10-18(4-2)13-19-9-11-26(35)25(33)14-19/h5,7-9,11,13-14,16,23-24,27,29,35,38-39H,3-4,6,10,12,15,17H2,1-2H3/b18-13+/t23-,24+,27-,29-/m1/s1. The number of ether oxygens (including phenoxy) is 1. The average Bonchev–Trinajstić information content (AvgIpc) is 3.47. The van der Waals surface area contributed by atoms with Crippen LogP contribution in [0.3, 0.4) is 0 Å². The van der Waals surface area contributed by atoms with E-state index in [1.807, 2.05) is 6.08 Å². The Bertz CT molecular complexity index is 1370. The van der Waals surface area contributed by atoms with Gasteiger partial charge < -0.3 is 19.9 Å². The van der Waals surface area contributed by atoms with Crippen LogP contribution in [0.15, 0.2) is 59.2 Å². The van der Waals surface area contributed by atoms with Crippen molar-refractivity contribution >= 4 is 36.2 Å². The Labute approximate surface area is 234 Å². The number of carbonyl (C=O) groups is 2. The molecule has 0 saturated carbocycles. The molecule has 2 aliphatic heterocycles. The number of hydrogen-bond donors (Lipinski definition) is 3. The molecule has 2 aromatic carbocycles. The number of hydrogen-bond acceptors (Lipinski definition) is 6. The zero-order chi connectivity index (χ0) is 28.6. The highest BCUT2D eigenvalue weighted by molar-refractivity contribution is 6.58. The van der Waals surface area contributed by atoms with Crippen molar-refractivity contribution in [2.75, 3.05) is 11.5 Å². The van der Waals surface area contributed by atoms with E-state index < -0.39 is 24.8 Å². The van der Waals surface area contributed by atoms with Gasteiger partial charge in [-0.1, -0.05) is 55.7 Å². The van der Waals surface area contributed by atoms with Crippen molar-refractivity contribution in [3.05, 3.63) is 70.6 Å². The number of rotatable bonds is 9. The van der Waals surface area contributed by atoms with E-state index in [2.05, 4.69) is 13.8 Å². The van der Waals surface area contributed by atoms with Gasteiger partial charge in [-0.3, -0.25) is 14.5 Å². The fourth-order valence-corrected chi connectivity index (χ4v) is 6.61. The fourth-order valence-electron chi connectivity index (χ4n) is 6.61. The van der Waals surface area contributed by atoms with Crippen LogP contribution in [0.4, 0.5) is 10.1 Å². The molecule has 2 fully saturated rings. The number of imide groups is 1. The van der Waals surface area contributed by atoms with Crippen LogP contribution < -0.4 is 10.4 Å². The molecule has 3 N–H and O–H groups in total. The van der Waals surface area contributed by atoms with Gasteiger partial charge >= 0.3 is 7.12 Å². The van der Waals surface area contributed by atoms with Crippen molar-refractivity contribution in [2.45, 2.75) is 58.5 Å². The lowest BCUT2D eigenvalue weighted by Gasteiger charge is -2.32. The van der Waals surface area contributed by atoms with Gasteiger partial charge in [-0.05, 0) is 73.0 Å². The Morgan fingerprint density at radius 2 is 1.93 bits per heavy atom. The number of phenolic OH excluding ortho intramolecular Hbond substituents is 1. The summed E-state index contributed by atoms with van der Waals surface area (Å²) in [6.07, 6.45) is 6.33. The van der Waals surface area contributed by atoms with Gasteiger partial charge in [0.1, 0.15) is 0 Å². The molecule has 9 heteroatoms. The summed E-state index contributed by atoms with van der Waals surface area (Å²) in [6.45, 7) is 4.54. The molecule has 0 aromatic heterocycles. The molecule has 7 nitrogen and oxygen atoms in total. The van der Waals surface area contributed by atoms with Gasteiger partial charge in [0.15, 0.2) is 11.6 Å². The smallest absolute Gasteiger partial charge is 0.488 e. The second kappa shape index (κ2) is 11.7. The van der Waals surface area contributed by atoms with Crippen molar-refractivity contribution < 1.29 is 33.9 Å². The number of carbonyl (C=O) groups excluding carboxylic acids is 2. The molecule has 0 bridgehead atoms. The maximum Gasteiger partial charge on any atom is 0.488 e. The molecule has 0 spiro atoms. The Kier molecular flexibility index (Phi) is 8.26. The molecule has 2 aromatic rings. The minimum atomic E-state index is -1.70. The lowest BCUT2D eigenvalue weighted by Crippen LogP contribution is -2.35. The minimum Gasteiger partial charge on any atom is -0.505 e. The van der Waals surface area contributed by atoms with Crippen LogP contribution in [-0.4, -0.2) is 46.8 Å². The van der Waals surface area contributed by atoms with Gasteiger partial charge in [-0.2, -0.15) is 0 Å². The predicted octanol–water partition coefficient (Wildman–Crippen LogP) is 4.11. The summed E-state index contributed by atoms with van der Waals surface area (Å²) < 4.78 is 20.2. The van der Waals surface area contributed by atoms with Crippen LogP contribution in [0.5, 0.6) is 5.75 Å². The summed E-state index contributed by atoms with van der Waals surface area (Å²) in [4.78, 5) is 28.6. The zero-order valence-corrected chi connectivity index (χ0v) is 22.8. The number of benzene rings is 2. The van der Waals surface area contributed by atoms with Crippen LogP contribution in [-0.2, 0) is 14.3 Å². The SMILES string of the molecule is CCCC1=C2[C@@H](CC/C(=C/c3ccc(O)c(F)c3)CC)OC[C@@H]2[C@@H]2C(=O)N(c3cccc(B(O)O)c3)C(=O)[C@@H]2C1. The molecule has 210 valence electrons. The number of anilines is 1. The van der Waals surface area contributed by atoms with Crippen LogP contribution in [0, 0.1) is 23.6 Å². The van der Waals surface area contributed by atoms with Gasteiger partial charge in [-0.25, -0.2) is 4.39 Å². The van der Waals surface area contributed by atoms with Crippen molar-refractivity contribution in [3.63, 3.8) is 0 Å². The molecule has 2 amide bonds. The molecular weight excluding hydrogens is 512 g/mol. The summed E-state index contributed by atoms with van der Waals surface area (Å²) in [5, 5.41) is 28.7. The molecule has 5 rings (SSSR count). The van der Waals surface area contributed by atoms with Crippen molar-refractivity contribution in [1.29, 1.82) is 0 Å². The van der Waals surface area contributed by atoms with E-state index in [4.69, 9.17) is 4.74 Å². The van der Waals surface area contributed by atoms with E-state index in [1.165, 1.54) is 34.7 Å². The molecule has 3 aliphatic rings. The minimum absolute atomic E-state index is 0.149. The van der Waals surface area contributed by atoms with E-state index in [-0.39, 0.29) is 35.0 Å². The summed E-state index contributed by atoms with van der Waals surface area (Å²) in [7, 11) is -1.70. The highest BCUT2D eigenvalue weighted by atomic mass is 19.1. The number of nitrogens with zero attached hydrogens (tertiary/aromatic N) is 1. The average molecular weight is 547 g/mol. The first-order chi connectivity index (χ1) is 19.2. The number of phenols is 1. The van der Waals surface area contributed by atoms with Crippen LogP contribution >= 0.6 is 0 Å². The Balaban J connectivity index is 1.38. The maximum atomic E-state index is 13.8. The summed E-state index contributed by atoms with van der Waals surface area (Å²) in [6, 6.07) is 10.6. The second-order valence-corrected chi connectivity index (χ2v) is 11.0. The second-order valence-electron chi connectivity index (χ2n) is 11.0. The molecule has 4 atom stereocenters. The number of halogens is 1. The molecule has 2 saturated heterocycles. The number of amides is 2. The molecule has 0 radical (unpaired) electrons. The Morgan fingerprint density at radius 1 is 1.12 bits per heavy atom. The molecular formula is C31H35BFNO6. The van der Waals surface area contributed by atoms with E-state index in [0.29, 0.717) is 24.3 Å². The third-order valence-corrected chi connectivity index (χ3v) is 8.51. The third kappa shape index (κ3) is 5.25. The molecule has 0 unspecified atom stereocenters. The maximum absolute atomic E-state index is 13.8. The lowest BCUT2D eigenvalue weighted by molar-refractivity contribution is -0.122. The Hall–Kier alpha value is -3.27. The zero-order valence-electron chi connectivity index (χ0n) is 22.8. The van der Waals surface area contributed by atoms with E-state index in [0.717, 1.165) is 43.3 Å². The first kappa shape index (κ1) is 28.3. The highest BCUT2D eigenvalue weighted by Gasteiger charge is 2.57. The topological polar surface area (TPSA) is 107 Å². The third-order valence-electron chi connectivity index (χ3n) is 8.51. The number of aromatic hydroxyl groups is 1. The molecule has 1 aliphatic carbocycles. The van der Waals surface area contributed by atoms with Gasteiger partial charge in [-0.15, -0.1) is 0 Å². The number of fused-ring (bicyclic) bond motifs is 3. The molecule has 2 heterocycles. The van der Waals surface area contributed by atoms with E-state index >= 15 is 0 Å². The van der Waals surface area contributed by atoms with E-state index in [1.54, 1.807) is 18.2 Å². The summed E-state index contributed by atoms with van der Waals surface area (Å²) in [5.74, 6) is -2.65. The normalized spacial score (nSPS) is 24.5. The Morgan fingerprint density at radius 3 is 2.62 bits per heavy atom. The van der Waals surface area contributed by atoms with E-state index in [9.17, 15) is 29.1 Å². The van der Waals surface area contributed by atoms with Crippen molar-refractivity contribution in [3.8, 4) is 5.75 Å². The largest absolute Gasteiger partial charge is 0.505 e. The van der Waals surface area contributed by atoms with Gasteiger partial charge in [0, 0.05) is 5.92 Å². The summed E-state index contributed by atoms with van der Waals surface area (Å²) in [5.41, 5.74) is 4.77. The summed E-state index contributed by atoms with van der Waals surface area (Å²) >= 11 is 0. The molecule has 40 heavy (non-hydrogen) atoms. The lowest BCUT2D eigenvalue weighted by atomic mass is 9.68. The van der Waals surface area contributed by atoms with Gasteiger partial charge in [0.05, 0.1) is 30.2 Å². The monoisotopic (exact) mass is 547 g/mol. The van der Waals surface area contributed by atoms with Gasteiger partial charge in [0.2, 0.25) is 11.8 Å². The van der Waals surface area contributed by atoms with Crippen LogP contribution in [0.1, 0.15) is 57.9 Å². The highest BCUT2D eigenvalue weighted by Crippen LogP contribution is 2.51. The van der Waals surface area contributed by atoms with Gasteiger partial charge in [0.25, 0.3) is 0 Å². The first-order valence-electron chi connectivity index (χ1n) is 14.1. The predicted molar refractivity (Wildman–Crippen MR) is 151 cm³/mol. The number of allylic oxidation sites excluding steroid dienone is 2. The fraction of sp³-hybridized carbons (Fsp3) is 0.419.